The largest absolute Gasteiger partial charge is 0.329 e. The van der Waals surface area contributed by atoms with Crippen molar-refractivity contribution in [3.05, 3.63) is 65.2 Å². The second kappa shape index (κ2) is 6.71. The van der Waals surface area contributed by atoms with E-state index in [-0.39, 0.29) is 28.9 Å². The highest BCUT2D eigenvalue weighted by Crippen LogP contribution is 2.42. The summed E-state index contributed by atoms with van der Waals surface area (Å²) in [5, 5.41) is 0. The van der Waals surface area contributed by atoms with Crippen LogP contribution in [0.25, 0.3) is 0 Å². The Hall–Kier alpha value is -2.18. The first kappa shape index (κ1) is 17.9. The molecule has 5 rings (SSSR count). The van der Waals surface area contributed by atoms with Crippen molar-refractivity contribution in [2.75, 3.05) is 0 Å². The lowest BCUT2D eigenvalue weighted by molar-refractivity contribution is 0.0658. The number of carbonyl (C=O) groups is 1. The topological polar surface area (TPSA) is 66.5 Å². The lowest BCUT2D eigenvalue weighted by atomic mass is 10.1. The average Bonchev–Trinajstić information content (AvgIpc) is 3.62. The Bertz CT molecular complexity index is 1030. The Morgan fingerprint density at radius 2 is 1.75 bits per heavy atom. The molecule has 2 aromatic carbocycles. The molecule has 0 saturated heterocycles. The molecule has 2 saturated carbocycles. The zero-order valence-corrected chi connectivity index (χ0v) is 16.5. The van der Waals surface area contributed by atoms with E-state index in [9.17, 15) is 13.2 Å². The summed E-state index contributed by atoms with van der Waals surface area (Å²) in [6, 6.07) is 15.2. The minimum Gasteiger partial charge on any atom is -0.329 e. The Balaban J connectivity index is 1.45. The van der Waals surface area contributed by atoms with Gasteiger partial charge in [-0.15, -0.1) is 0 Å². The molecule has 1 amide bonds. The van der Waals surface area contributed by atoms with Gasteiger partial charge in [0.05, 0.1) is 10.9 Å². The molecule has 0 aromatic heterocycles. The van der Waals surface area contributed by atoms with Gasteiger partial charge in [0.15, 0.2) is 0 Å². The predicted molar refractivity (Wildman–Crippen MR) is 106 cm³/mol. The van der Waals surface area contributed by atoms with Crippen molar-refractivity contribution < 1.29 is 13.2 Å². The van der Waals surface area contributed by atoms with E-state index in [0.717, 1.165) is 38.5 Å². The van der Waals surface area contributed by atoms with Gasteiger partial charge >= 0.3 is 0 Å². The number of carbonyl (C=O) groups excluding carboxylic acids is 1. The summed E-state index contributed by atoms with van der Waals surface area (Å²) in [6.45, 7) is 0. The Morgan fingerprint density at radius 1 is 0.964 bits per heavy atom. The predicted octanol–water partition coefficient (Wildman–Crippen LogP) is 3.42. The first-order chi connectivity index (χ1) is 13.5. The summed E-state index contributed by atoms with van der Waals surface area (Å²) in [7, 11) is -3.57. The van der Waals surface area contributed by atoms with E-state index in [0.29, 0.717) is 5.56 Å². The van der Waals surface area contributed by atoms with Crippen molar-refractivity contribution in [3.8, 4) is 0 Å². The van der Waals surface area contributed by atoms with Gasteiger partial charge < -0.3 is 4.90 Å². The van der Waals surface area contributed by atoms with Gasteiger partial charge in [0.1, 0.15) is 0 Å². The molecular formula is C22H24N2O3S. The van der Waals surface area contributed by atoms with Crippen LogP contribution >= 0.6 is 0 Å². The minimum absolute atomic E-state index is 0.0438. The number of aryl methyl sites for hydroxylation is 1. The summed E-state index contributed by atoms with van der Waals surface area (Å²) in [4.78, 5) is 15.6. The number of hydrogen-bond donors (Lipinski definition) is 1. The van der Waals surface area contributed by atoms with Crippen molar-refractivity contribution in [1.29, 1.82) is 0 Å². The van der Waals surface area contributed by atoms with Crippen LogP contribution in [-0.2, 0) is 16.4 Å². The van der Waals surface area contributed by atoms with Crippen LogP contribution < -0.4 is 4.72 Å². The van der Waals surface area contributed by atoms with E-state index in [4.69, 9.17) is 0 Å². The summed E-state index contributed by atoms with van der Waals surface area (Å²) >= 11 is 0. The van der Waals surface area contributed by atoms with Gasteiger partial charge in [0.2, 0.25) is 10.0 Å². The third kappa shape index (κ3) is 3.35. The molecule has 0 bridgehead atoms. The first-order valence-corrected chi connectivity index (χ1v) is 11.5. The molecule has 1 unspecified atom stereocenters. The van der Waals surface area contributed by atoms with Gasteiger partial charge in [-0.1, -0.05) is 30.3 Å². The smallest absolute Gasteiger partial charge is 0.254 e. The van der Waals surface area contributed by atoms with Gasteiger partial charge in [-0.25, -0.2) is 13.1 Å². The molecule has 6 heteroatoms. The number of nitrogens with zero attached hydrogens (tertiary/aromatic N) is 1. The van der Waals surface area contributed by atoms with Gasteiger partial charge in [-0.05, 0) is 67.9 Å². The second-order valence-corrected chi connectivity index (χ2v) is 9.83. The quantitative estimate of drug-likeness (QED) is 0.814. The molecule has 5 nitrogen and oxygen atoms in total. The summed E-state index contributed by atoms with van der Waals surface area (Å²) < 4.78 is 27.8. The Labute approximate surface area is 165 Å². The van der Waals surface area contributed by atoms with Gasteiger partial charge in [-0.3, -0.25) is 4.79 Å². The molecule has 3 aliphatic carbocycles. The molecule has 0 radical (unpaired) electrons. The van der Waals surface area contributed by atoms with Crippen LogP contribution in [0.4, 0.5) is 0 Å². The monoisotopic (exact) mass is 396 g/mol. The molecule has 2 aromatic rings. The van der Waals surface area contributed by atoms with Crippen LogP contribution in [-0.4, -0.2) is 31.3 Å². The van der Waals surface area contributed by atoms with Crippen LogP contribution in [0.1, 0.15) is 59.6 Å². The van der Waals surface area contributed by atoms with E-state index in [1.165, 1.54) is 17.2 Å². The van der Waals surface area contributed by atoms with Crippen LogP contribution in [0.15, 0.2) is 53.4 Å². The summed E-state index contributed by atoms with van der Waals surface area (Å²) in [5.74, 6) is -0.0623. The number of fused-ring (bicyclic) bond motifs is 1. The van der Waals surface area contributed by atoms with Gasteiger partial charge in [0.25, 0.3) is 5.91 Å². The molecule has 0 spiro atoms. The zero-order chi connectivity index (χ0) is 19.3. The Kier molecular flexibility index (Phi) is 4.29. The van der Waals surface area contributed by atoms with E-state index in [2.05, 4.69) is 16.9 Å². The fraction of sp³-hybridized carbons (Fsp3) is 0.409. The number of benzene rings is 2. The van der Waals surface area contributed by atoms with Crippen molar-refractivity contribution in [2.24, 2.45) is 0 Å². The van der Waals surface area contributed by atoms with Crippen LogP contribution in [0, 0.1) is 0 Å². The molecular weight excluding hydrogens is 372 g/mol. The summed E-state index contributed by atoms with van der Waals surface area (Å²) in [6.07, 6.45) is 5.72. The molecule has 1 atom stereocenters. The van der Waals surface area contributed by atoms with Crippen molar-refractivity contribution in [2.45, 2.75) is 61.5 Å². The number of nitrogens with one attached hydrogen (secondary N) is 1. The van der Waals surface area contributed by atoms with Gasteiger partial charge in [0, 0.05) is 17.6 Å². The summed E-state index contributed by atoms with van der Waals surface area (Å²) in [5.41, 5.74) is 3.01. The number of sulfonamides is 1. The highest BCUT2D eigenvalue weighted by atomic mass is 32.2. The number of hydrogen-bond acceptors (Lipinski definition) is 3. The SMILES string of the molecule is O=C(c1cccc(S(=O)(=O)NC2CC2)c1)N(C1CC1)C1CCc2ccccc21. The number of amides is 1. The molecule has 146 valence electrons. The van der Waals surface area contributed by atoms with E-state index >= 15 is 0 Å². The van der Waals surface area contributed by atoms with E-state index in [1.54, 1.807) is 18.2 Å². The Morgan fingerprint density at radius 3 is 2.50 bits per heavy atom. The lowest BCUT2D eigenvalue weighted by Gasteiger charge is -2.30. The fourth-order valence-corrected chi connectivity index (χ4v) is 5.52. The maximum atomic E-state index is 13.4. The normalized spacial score (nSPS) is 21.4. The van der Waals surface area contributed by atoms with Crippen LogP contribution in [0.5, 0.6) is 0 Å². The molecule has 1 N–H and O–H groups in total. The molecule has 0 heterocycles. The fourth-order valence-electron chi connectivity index (χ4n) is 4.17. The minimum atomic E-state index is -3.57. The van der Waals surface area contributed by atoms with Crippen molar-refractivity contribution in [3.63, 3.8) is 0 Å². The lowest BCUT2D eigenvalue weighted by Crippen LogP contribution is -2.36. The second-order valence-electron chi connectivity index (χ2n) is 8.12. The number of rotatable bonds is 6. The maximum absolute atomic E-state index is 13.4. The highest BCUT2D eigenvalue weighted by molar-refractivity contribution is 7.89. The molecule has 3 aliphatic rings. The first-order valence-electron chi connectivity index (χ1n) is 10.1. The highest BCUT2D eigenvalue weighted by Gasteiger charge is 2.40. The van der Waals surface area contributed by atoms with E-state index in [1.807, 2.05) is 17.0 Å². The zero-order valence-electron chi connectivity index (χ0n) is 15.7. The van der Waals surface area contributed by atoms with Crippen LogP contribution in [0.3, 0.4) is 0 Å². The third-order valence-electron chi connectivity index (χ3n) is 5.90. The van der Waals surface area contributed by atoms with Crippen molar-refractivity contribution in [1.82, 2.24) is 9.62 Å². The standard InChI is InChI=1S/C22H24N2O3S/c25-22(16-5-3-6-19(14-16)28(26,27)23-17-9-10-17)24(18-11-12-18)21-13-8-15-4-1-2-7-20(15)21/h1-7,14,17-18,21,23H,8-13H2. The van der Waals surface area contributed by atoms with E-state index < -0.39 is 10.0 Å². The average molecular weight is 397 g/mol. The van der Waals surface area contributed by atoms with Crippen molar-refractivity contribution >= 4 is 15.9 Å². The van der Waals surface area contributed by atoms with Crippen LogP contribution in [0.2, 0.25) is 0 Å². The maximum Gasteiger partial charge on any atom is 0.254 e. The molecule has 0 aliphatic heterocycles. The van der Waals surface area contributed by atoms with Gasteiger partial charge in [-0.2, -0.15) is 0 Å². The third-order valence-corrected chi connectivity index (χ3v) is 7.42. The molecule has 28 heavy (non-hydrogen) atoms. The molecule has 2 fully saturated rings.